The summed E-state index contributed by atoms with van der Waals surface area (Å²) in [5, 5.41) is 9.09. The molecule has 2 aliphatic rings. The van der Waals surface area contributed by atoms with Crippen molar-refractivity contribution < 1.29 is 24.3 Å². The Balaban J connectivity index is 1.84. The van der Waals surface area contributed by atoms with E-state index in [0.717, 1.165) is 18.6 Å². The minimum absolute atomic E-state index is 0.105. The number of hydrogen-bond acceptors (Lipinski definition) is 5. The number of imide groups is 1. The van der Waals surface area contributed by atoms with E-state index in [-0.39, 0.29) is 35.7 Å². The van der Waals surface area contributed by atoms with Gasteiger partial charge in [0.2, 0.25) is 0 Å². The number of carboxylic acids is 1. The van der Waals surface area contributed by atoms with Gasteiger partial charge in [-0.05, 0) is 24.6 Å². The highest BCUT2D eigenvalue weighted by molar-refractivity contribution is 7.99. The van der Waals surface area contributed by atoms with E-state index in [9.17, 15) is 19.2 Å². The van der Waals surface area contributed by atoms with Crippen LogP contribution in [0.3, 0.4) is 0 Å². The molecular weight excluding hydrogens is 368 g/mol. The average Bonchev–Trinajstić information content (AvgIpc) is 2.89. The van der Waals surface area contributed by atoms with Crippen molar-refractivity contribution in [1.82, 2.24) is 9.80 Å². The molecule has 1 fully saturated rings. The lowest BCUT2D eigenvalue weighted by molar-refractivity contribution is -0.138. The van der Waals surface area contributed by atoms with E-state index < -0.39 is 5.97 Å². The molecule has 1 saturated heterocycles. The molecule has 8 heteroatoms. The monoisotopic (exact) mass is 390 g/mol. The Hall–Kier alpha value is -2.35. The summed E-state index contributed by atoms with van der Waals surface area (Å²) in [6.07, 6.45) is 1.50. The molecule has 1 unspecified atom stereocenters. The first-order chi connectivity index (χ1) is 12.9. The zero-order valence-corrected chi connectivity index (χ0v) is 16.0. The number of unbranched alkanes of at least 4 members (excludes halogenated alkanes) is 1. The van der Waals surface area contributed by atoms with E-state index in [1.54, 1.807) is 22.7 Å². The first-order valence-corrected chi connectivity index (χ1v) is 10.2. The molecule has 1 N–H and O–H groups in total. The lowest BCUT2D eigenvalue weighted by atomic mass is 10.0. The quantitative estimate of drug-likeness (QED) is 0.748. The molecule has 3 amide bonds. The van der Waals surface area contributed by atoms with Gasteiger partial charge in [-0.15, -0.1) is 0 Å². The number of rotatable bonds is 6. The molecule has 27 heavy (non-hydrogen) atoms. The van der Waals surface area contributed by atoms with Gasteiger partial charge in [0.25, 0.3) is 17.7 Å². The van der Waals surface area contributed by atoms with Gasteiger partial charge >= 0.3 is 5.97 Å². The third kappa shape index (κ3) is 3.85. The normalized spacial score (nSPS) is 19.4. The van der Waals surface area contributed by atoms with E-state index >= 15 is 0 Å². The highest BCUT2D eigenvalue weighted by atomic mass is 32.2. The number of nitrogens with zero attached hydrogens (tertiary/aromatic N) is 2. The van der Waals surface area contributed by atoms with Crippen molar-refractivity contribution in [3.8, 4) is 0 Å². The van der Waals surface area contributed by atoms with Crippen molar-refractivity contribution in [2.24, 2.45) is 0 Å². The number of aliphatic carboxylic acids is 1. The van der Waals surface area contributed by atoms with E-state index in [4.69, 9.17) is 5.11 Å². The summed E-state index contributed by atoms with van der Waals surface area (Å²) in [6.45, 7) is 2.82. The fourth-order valence-electron chi connectivity index (χ4n) is 3.40. The highest BCUT2D eigenvalue weighted by Gasteiger charge is 2.36. The number of carbonyl (C=O) groups is 4. The molecule has 0 saturated carbocycles. The Morgan fingerprint density at radius 2 is 1.96 bits per heavy atom. The molecule has 2 aliphatic heterocycles. The summed E-state index contributed by atoms with van der Waals surface area (Å²) >= 11 is 1.63. The standard InChI is InChI=1S/C19H22N2O5S/c1-2-3-6-21-18(25)14-5-4-12(9-15(14)19(21)26)17(24)20-7-8-27-11-13(20)10-16(22)23/h4-5,9,13H,2-3,6-8,10-11H2,1H3,(H,22,23). The van der Waals surface area contributed by atoms with Crippen molar-refractivity contribution in [3.63, 3.8) is 0 Å². The lowest BCUT2D eigenvalue weighted by Crippen LogP contribution is -2.47. The Morgan fingerprint density at radius 1 is 1.22 bits per heavy atom. The summed E-state index contributed by atoms with van der Waals surface area (Å²) in [4.78, 5) is 51.8. The van der Waals surface area contributed by atoms with Crippen molar-refractivity contribution in [2.45, 2.75) is 32.2 Å². The number of benzene rings is 1. The highest BCUT2D eigenvalue weighted by Crippen LogP contribution is 2.27. The number of carboxylic acid groups (broad SMARTS) is 1. The van der Waals surface area contributed by atoms with E-state index in [1.807, 2.05) is 6.92 Å². The number of amides is 3. The van der Waals surface area contributed by atoms with Gasteiger partial charge in [0.15, 0.2) is 0 Å². The smallest absolute Gasteiger partial charge is 0.305 e. The lowest BCUT2D eigenvalue weighted by Gasteiger charge is -2.34. The summed E-state index contributed by atoms with van der Waals surface area (Å²) < 4.78 is 0. The van der Waals surface area contributed by atoms with E-state index in [0.29, 0.717) is 30.0 Å². The predicted octanol–water partition coefficient (Wildman–Crippen LogP) is 2.12. The fourth-order valence-corrected chi connectivity index (χ4v) is 4.46. The average molecular weight is 390 g/mol. The zero-order valence-electron chi connectivity index (χ0n) is 15.1. The van der Waals surface area contributed by atoms with Crippen LogP contribution in [0.5, 0.6) is 0 Å². The maximum atomic E-state index is 12.9. The third-order valence-corrected chi connectivity index (χ3v) is 5.94. The minimum atomic E-state index is -0.943. The minimum Gasteiger partial charge on any atom is -0.481 e. The van der Waals surface area contributed by atoms with Gasteiger partial charge in [-0.3, -0.25) is 24.1 Å². The molecule has 3 rings (SSSR count). The van der Waals surface area contributed by atoms with Crippen LogP contribution in [0.2, 0.25) is 0 Å². The van der Waals surface area contributed by atoms with Crippen LogP contribution in [-0.2, 0) is 4.79 Å². The molecule has 2 heterocycles. The molecule has 0 spiro atoms. The largest absolute Gasteiger partial charge is 0.481 e. The number of carbonyl (C=O) groups excluding carboxylic acids is 3. The van der Waals surface area contributed by atoms with Crippen molar-refractivity contribution in [2.75, 3.05) is 24.6 Å². The van der Waals surface area contributed by atoms with Gasteiger partial charge in [-0.2, -0.15) is 11.8 Å². The maximum absolute atomic E-state index is 12.9. The van der Waals surface area contributed by atoms with Crippen LogP contribution in [0.25, 0.3) is 0 Å². The molecule has 7 nitrogen and oxygen atoms in total. The summed E-state index contributed by atoms with van der Waals surface area (Å²) in [7, 11) is 0. The molecule has 0 aliphatic carbocycles. The van der Waals surface area contributed by atoms with Gasteiger partial charge in [-0.25, -0.2) is 0 Å². The van der Waals surface area contributed by atoms with E-state index in [1.165, 1.54) is 17.0 Å². The van der Waals surface area contributed by atoms with Crippen LogP contribution >= 0.6 is 11.8 Å². The number of fused-ring (bicyclic) bond motifs is 1. The Bertz CT molecular complexity index is 794. The number of thioether (sulfide) groups is 1. The Morgan fingerprint density at radius 3 is 2.67 bits per heavy atom. The molecule has 1 atom stereocenters. The Kier molecular flexibility index (Phi) is 5.84. The van der Waals surface area contributed by atoms with Crippen LogP contribution in [0.4, 0.5) is 0 Å². The van der Waals surface area contributed by atoms with Crippen molar-refractivity contribution >= 4 is 35.5 Å². The predicted molar refractivity (Wildman–Crippen MR) is 101 cm³/mol. The molecule has 0 bridgehead atoms. The first kappa shape index (κ1) is 19.4. The van der Waals surface area contributed by atoms with Crippen LogP contribution in [0.1, 0.15) is 57.3 Å². The first-order valence-electron chi connectivity index (χ1n) is 9.04. The second-order valence-corrected chi connectivity index (χ2v) is 7.85. The summed E-state index contributed by atoms with van der Waals surface area (Å²) in [5.41, 5.74) is 0.890. The SMILES string of the molecule is CCCCN1C(=O)c2ccc(C(=O)N3CCSCC3CC(=O)O)cc2C1=O. The molecule has 144 valence electrons. The van der Waals surface area contributed by atoms with Gasteiger partial charge < -0.3 is 10.0 Å². The van der Waals surface area contributed by atoms with Gasteiger partial charge in [-0.1, -0.05) is 13.3 Å². The molecular formula is C19H22N2O5S. The molecule has 0 radical (unpaired) electrons. The number of hydrogen-bond donors (Lipinski definition) is 1. The van der Waals surface area contributed by atoms with Gasteiger partial charge in [0, 0.05) is 30.2 Å². The van der Waals surface area contributed by atoms with Crippen LogP contribution in [-0.4, -0.2) is 69.2 Å². The third-order valence-electron chi connectivity index (χ3n) is 4.85. The van der Waals surface area contributed by atoms with Crippen LogP contribution in [0.15, 0.2) is 18.2 Å². The molecule has 1 aromatic carbocycles. The van der Waals surface area contributed by atoms with Crippen LogP contribution < -0.4 is 0 Å². The second-order valence-electron chi connectivity index (χ2n) is 6.70. The maximum Gasteiger partial charge on any atom is 0.305 e. The zero-order chi connectivity index (χ0) is 19.6. The van der Waals surface area contributed by atoms with Crippen molar-refractivity contribution in [1.29, 1.82) is 0 Å². The van der Waals surface area contributed by atoms with Crippen molar-refractivity contribution in [3.05, 3.63) is 34.9 Å². The topological polar surface area (TPSA) is 95.0 Å². The summed E-state index contributed by atoms with van der Waals surface area (Å²) in [6, 6.07) is 4.18. The van der Waals surface area contributed by atoms with E-state index in [2.05, 4.69) is 0 Å². The van der Waals surface area contributed by atoms with Gasteiger partial charge in [0.1, 0.15) is 0 Å². The second kappa shape index (κ2) is 8.12. The Labute approximate surface area is 161 Å². The molecule has 1 aromatic rings. The van der Waals surface area contributed by atoms with Gasteiger partial charge in [0.05, 0.1) is 23.6 Å². The summed E-state index contributed by atoms with van der Waals surface area (Å²) in [5.74, 6) is -0.603. The van der Waals surface area contributed by atoms with Crippen LogP contribution in [0, 0.1) is 0 Å². The fraction of sp³-hybridized carbons (Fsp3) is 0.474. The molecule has 0 aromatic heterocycles.